The Morgan fingerprint density at radius 2 is 1.96 bits per heavy atom. The maximum absolute atomic E-state index is 12.9. The fraction of sp³-hybridized carbons (Fsp3) is 0.647. The molecule has 3 aliphatic rings. The zero-order chi connectivity index (χ0) is 18.3. The first-order valence-electron chi connectivity index (χ1n) is 9.03. The summed E-state index contributed by atoms with van der Waals surface area (Å²) in [7, 11) is 2.11. The molecule has 9 heteroatoms. The molecule has 0 aliphatic carbocycles. The highest BCUT2D eigenvalue weighted by Gasteiger charge is 2.39. The van der Waals surface area contributed by atoms with E-state index >= 15 is 0 Å². The number of amides is 2. The van der Waals surface area contributed by atoms with Gasteiger partial charge in [0.05, 0.1) is 17.3 Å². The molecule has 0 bridgehead atoms. The lowest BCUT2D eigenvalue weighted by Gasteiger charge is -2.35. The smallest absolute Gasteiger partial charge is 0.410 e. The van der Waals surface area contributed by atoms with Gasteiger partial charge >= 0.3 is 6.09 Å². The van der Waals surface area contributed by atoms with Crippen LogP contribution in [0.1, 0.15) is 16.1 Å². The van der Waals surface area contributed by atoms with Crippen LogP contribution in [0.5, 0.6) is 0 Å². The van der Waals surface area contributed by atoms with Gasteiger partial charge in [0.1, 0.15) is 6.61 Å². The van der Waals surface area contributed by atoms with E-state index in [-0.39, 0.29) is 18.0 Å². The van der Waals surface area contributed by atoms with Gasteiger partial charge in [-0.05, 0) is 14.0 Å². The minimum absolute atomic E-state index is 0.0500. The molecule has 26 heavy (non-hydrogen) atoms. The quantitative estimate of drug-likeness (QED) is 0.723. The molecule has 0 N–H and O–H groups in total. The average Bonchev–Trinajstić information content (AvgIpc) is 3.02. The number of anilines is 1. The Morgan fingerprint density at radius 1 is 1.19 bits per heavy atom. The van der Waals surface area contributed by atoms with Gasteiger partial charge in [-0.3, -0.25) is 9.69 Å². The predicted octanol–water partition coefficient (Wildman–Crippen LogP) is -0.187. The second kappa shape index (κ2) is 6.71. The van der Waals surface area contributed by atoms with Crippen LogP contribution in [0.2, 0.25) is 0 Å². The van der Waals surface area contributed by atoms with Crippen LogP contribution in [0, 0.1) is 6.92 Å². The van der Waals surface area contributed by atoms with E-state index in [0.717, 1.165) is 26.2 Å². The van der Waals surface area contributed by atoms with Crippen molar-refractivity contribution in [3.63, 3.8) is 0 Å². The van der Waals surface area contributed by atoms with Crippen molar-refractivity contribution in [1.29, 1.82) is 0 Å². The first-order valence-corrected chi connectivity index (χ1v) is 9.03. The minimum Gasteiger partial charge on any atom is -0.447 e. The predicted molar refractivity (Wildman–Crippen MR) is 94.2 cm³/mol. The Morgan fingerprint density at radius 3 is 2.69 bits per heavy atom. The Kier molecular flexibility index (Phi) is 4.39. The number of carbonyl (C=O) groups excluding carboxylic acids is 2. The number of nitrogens with zero attached hydrogens (tertiary/aromatic N) is 6. The highest BCUT2D eigenvalue weighted by molar-refractivity contribution is 5.95. The molecule has 4 rings (SSSR count). The molecule has 1 aromatic heterocycles. The number of cyclic esters (lactones) is 1. The van der Waals surface area contributed by atoms with Crippen LogP contribution in [-0.2, 0) is 4.74 Å². The zero-order valence-corrected chi connectivity index (χ0v) is 15.2. The molecule has 3 aliphatic heterocycles. The molecule has 1 atom stereocenters. The third-order valence-electron chi connectivity index (χ3n) is 5.39. The lowest BCUT2D eigenvalue weighted by Crippen LogP contribution is -2.53. The number of rotatable bonds is 2. The summed E-state index contributed by atoms with van der Waals surface area (Å²) in [5.74, 6) is 0.609. The van der Waals surface area contributed by atoms with Gasteiger partial charge in [0.2, 0.25) is 5.95 Å². The molecule has 9 nitrogen and oxygen atoms in total. The number of carbonyl (C=O) groups is 2. The normalized spacial score (nSPS) is 23.8. The number of aromatic nitrogens is 2. The van der Waals surface area contributed by atoms with Crippen LogP contribution in [0.15, 0.2) is 6.20 Å². The van der Waals surface area contributed by atoms with E-state index in [0.29, 0.717) is 43.4 Å². The monoisotopic (exact) mass is 360 g/mol. The standard InChI is InChI=1S/C17H24N6O3/c1-12-14(9-18-16(19-12)21-5-3-20(2)4-6-21)15(24)22-7-8-23-13(10-22)11-26-17(23)25/h9,13H,3-8,10-11H2,1-2H3/t13-/m0/s1. The van der Waals surface area contributed by atoms with Crippen molar-refractivity contribution >= 4 is 17.9 Å². The molecule has 3 fully saturated rings. The molecule has 3 saturated heterocycles. The number of hydrogen-bond acceptors (Lipinski definition) is 7. The summed E-state index contributed by atoms with van der Waals surface area (Å²) in [5, 5.41) is 0. The van der Waals surface area contributed by atoms with Crippen molar-refractivity contribution in [1.82, 2.24) is 24.7 Å². The summed E-state index contributed by atoms with van der Waals surface area (Å²) in [5.41, 5.74) is 1.22. The zero-order valence-electron chi connectivity index (χ0n) is 15.2. The van der Waals surface area contributed by atoms with Crippen LogP contribution >= 0.6 is 0 Å². The van der Waals surface area contributed by atoms with E-state index in [4.69, 9.17) is 4.74 Å². The van der Waals surface area contributed by atoms with Gasteiger partial charge in [-0.15, -0.1) is 0 Å². The maximum atomic E-state index is 12.9. The maximum Gasteiger partial charge on any atom is 0.410 e. The van der Waals surface area contributed by atoms with Crippen molar-refractivity contribution in [3.8, 4) is 0 Å². The number of hydrogen-bond donors (Lipinski definition) is 0. The summed E-state index contributed by atoms with van der Waals surface area (Å²) in [6, 6.07) is -0.0500. The summed E-state index contributed by atoms with van der Waals surface area (Å²) >= 11 is 0. The molecule has 140 valence electrons. The van der Waals surface area contributed by atoms with Crippen LogP contribution in [0.25, 0.3) is 0 Å². The van der Waals surface area contributed by atoms with Gasteiger partial charge in [-0.1, -0.05) is 0 Å². The van der Waals surface area contributed by atoms with Crippen molar-refractivity contribution < 1.29 is 14.3 Å². The topological polar surface area (TPSA) is 82.1 Å². The molecule has 0 saturated carbocycles. The van der Waals surface area contributed by atoms with Gasteiger partial charge in [0, 0.05) is 52.0 Å². The first-order chi connectivity index (χ1) is 12.5. The SMILES string of the molecule is Cc1nc(N2CCN(C)CC2)ncc1C(=O)N1CCN2C(=O)OC[C@@H]2C1. The number of aryl methyl sites for hydroxylation is 1. The third-order valence-corrected chi connectivity index (χ3v) is 5.39. The van der Waals surface area contributed by atoms with Crippen molar-refractivity contribution in [2.45, 2.75) is 13.0 Å². The summed E-state index contributed by atoms with van der Waals surface area (Å²) in [6.07, 6.45) is 1.36. The van der Waals surface area contributed by atoms with Gasteiger partial charge in [0.15, 0.2) is 0 Å². The van der Waals surface area contributed by atoms with Gasteiger partial charge in [-0.25, -0.2) is 14.8 Å². The lowest BCUT2D eigenvalue weighted by molar-refractivity contribution is 0.0615. The number of ether oxygens (including phenoxy) is 1. The molecule has 0 unspecified atom stereocenters. The van der Waals surface area contributed by atoms with Crippen molar-refractivity contribution in [2.24, 2.45) is 0 Å². The van der Waals surface area contributed by atoms with Crippen LogP contribution in [-0.4, -0.2) is 102 Å². The third kappa shape index (κ3) is 3.07. The summed E-state index contributed by atoms with van der Waals surface area (Å²) in [4.78, 5) is 41.4. The van der Waals surface area contributed by atoms with Crippen LogP contribution in [0.3, 0.4) is 0 Å². The molecule has 0 spiro atoms. The minimum atomic E-state index is -0.279. The fourth-order valence-corrected chi connectivity index (χ4v) is 3.67. The van der Waals surface area contributed by atoms with Gasteiger partial charge in [-0.2, -0.15) is 0 Å². The van der Waals surface area contributed by atoms with E-state index in [1.165, 1.54) is 0 Å². The number of fused-ring (bicyclic) bond motifs is 1. The van der Waals surface area contributed by atoms with E-state index in [9.17, 15) is 9.59 Å². The first kappa shape index (κ1) is 17.0. The highest BCUT2D eigenvalue weighted by atomic mass is 16.6. The van der Waals surface area contributed by atoms with Crippen molar-refractivity contribution in [2.75, 3.05) is 64.4 Å². The Hall–Kier alpha value is -2.42. The van der Waals surface area contributed by atoms with E-state index in [1.54, 1.807) is 16.0 Å². The van der Waals surface area contributed by atoms with Gasteiger partial charge < -0.3 is 19.4 Å². The molecule has 0 aromatic carbocycles. The fourth-order valence-electron chi connectivity index (χ4n) is 3.67. The highest BCUT2D eigenvalue weighted by Crippen LogP contribution is 2.21. The summed E-state index contributed by atoms with van der Waals surface area (Å²) < 4.78 is 5.06. The van der Waals surface area contributed by atoms with Crippen LogP contribution < -0.4 is 4.90 Å². The molecular weight excluding hydrogens is 336 g/mol. The molecule has 0 radical (unpaired) electrons. The average molecular weight is 360 g/mol. The largest absolute Gasteiger partial charge is 0.447 e. The second-order valence-corrected chi connectivity index (χ2v) is 7.13. The van der Waals surface area contributed by atoms with E-state index in [1.807, 2.05) is 6.92 Å². The molecular formula is C17H24N6O3. The Balaban J connectivity index is 1.46. The van der Waals surface area contributed by atoms with E-state index < -0.39 is 0 Å². The van der Waals surface area contributed by atoms with Crippen molar-refractivity contribution in [3.05, 3.63) is 17.5 Å². The molecule has 2 amide bonds. The molecule has 1 aromatic rings. The number of piperazine rings is 2. The van der Waals surface area contributed by atoms with Crippen LogP contribution in [0.4, 0.5) is 10.7 Å². The summed E-state index contributed by atoms with van der Waals surface area (Å²) in [6.45, 7) is 7.45. The lowest BCUT2D eigenvalue weighted by atomic mass is 10.1. The Bertz CT molecular complexity index is 718. The van der Waals surface area contributed by atoms with Gasteiger partial charge in [0.25, 0.3) is 5.91 Å². The Labute approximate surface area is 152 Å². The second-order valence-electron chi connectivity index (χ2n) is 7.13. The number of likely N-dealkylation sites (N-methyl/N-ethyl adjacent to an activating group) is 1. The van der Waals surface area contributed by atoms with E-state index in [2.05, 4.69) is 26.8 Å². The molecule has 4 heterocycles.